The Labute approximate surface area is 71.2 Å². The number of aryl methyl sites for hydroxylation is 1. The molecule has 0 fully saturated rings. The third kappa shape index (κ3) is 4.22. The van der Waals surface area contributed by atoms with Gasteiger partial charge in [-0.2, -0.15) is 0 Å². The Hall–Kier alpha value is -1.64. The Bertz CT molecular complexity index is 231. The zero-order valence-corrected chi connectivity index (χ0v) is 6.86. The molecule has 0 aliphatic heterocycles. The van der Waals surface area contributed by atoms with Gasteiger partial charge in [0.1, 0.15) is 0 Å². The minimum Gasteiger partial charge on any atom is -0.399 e. The van der Waals surface area contributed by atoms with Crippen LogP contribution < -0.4 is 5.73 Å². The van der Waals surface area contributed by atoms with Crippen LogP contribution in [-0.2, 0) is 9.59 Å². The topological polar surface area (TPSA) is 60.2 Å². The van der Waals surface area contributed by atoms with E-state index < -0.39 is 0 Å². The van der Waals surface area contributed by atoms with Crippen LogP contribution in [0.15, 0.2) is 24.3 Å². The quantitative estimate of drug-likeness (QED) is 0.383. The number of carbonyl (C=O) groups excluding carboxylic acids is 2. The molecule has 1 aromatic rings. The van der Waals surface area contributed by atoms with Gasteiger partial charge in [0.15, 0.2) is 12.6 Å². The number of nitrogen functional groups attached to an aromatic ring is 1. The molecular weight excluding hydrogens is 154 g/mol. The van der Waals surface area contributed by atoms with Gasteiger partial charge in [-0.25, -0.2) is 0 Å². The average Bonchev–Trinajstić information content (AvgIpc) is 2.11. The van der Waals surface area contributed by atoms with E-state index in [1.165, 1.54) is 0 Å². The largest absolute Gasteiger partial charge is 0.399 e. The smallest absolute Gasteiger partial charge is 0.182 e. The molecule has 12 heavy (non-hydrogen) atoms. The lowest BCUT2D eigenvalue weighted by atomic mass is 10.2. The van der Waals surface area contributed by atoms with Crippen molar-refractivity contribution in [3.05, 3.63) is 29.8 Å². The van der Waals surface area contributed by atoms with Crippen molar-refractivity contribution in [1.82, 2.24) is 0 Å². The van der Waals surface area contributed by atoms with Crippen molar-refractivity contribution in [2.24, 2.45) is 0 Å². The van der Waals surface area contributed by atoms with Gasteiger partial charge in [-0.05, 0) is 18.6 Å². The van der Waals surface area contributed by atoms with Crippen LogP contribution in [0.3, 0.4) is 0 Å². The van der Waals surface area contributed by atoms with Crippen LogP contribution in [0.4, 0.5) is 5.69 Å². The van der Waals surface area contributed by atoms with Crippen LogP contribution in [0, 0.1) is 6.92 Å². The predicted octanol–water partition coefficient (Wildman–Crippen LogP) is 0.961. The van der Waals surface area contributed by atoms with Gasteiger partial charge in [0, 0.05) is 5.69 Å². The van der Waals surface area contributed by atoms with E-state index >= 15 is 0 Å². The van der Waals surface area contributed by atoms with Gasteiger partial charge < -0.3 is 5.73 Å². The van der Waals surface area contributed by atoms with Crippen molar-refractivity contribution >= 4 is 18.3 Å². The summed E-state index contributed by atoms with van der Waals surface area (Å²) in [4.78, 5) is 17.6. The molecular formula is C9H11NO2. The number of anilines is 1. The van der Waals surface area contributed by atoms with Crippen molar-refractivity contribution in [2.75, 3.05) is 5.73 Å². The fourth-order valence-corrected chi connectivity index (χ4v) is 0.587. The molecule has 0 bridgehead atoms. The second kappa shape index (κ2) is 6.09. The van der Waals surface area contributed by atoms with Gasteiger partial charge in [0.05, 0.1) is 0 Å². The molecule has 0 aliphatic carbocycles. The van der Waals surface area contributed by atoms with Crippen LogP contribution in [0.1, 0.15) is 5.56 Å². The number of rotatable bonds is 1. The van der Waals surface area contributed by atoms with E-state index in [1.807, 2.05) is 31.2 Å². The van der Waals surface area contributed by atoms with E-state index in [0.29, 0.717) is 0 Å². The molecule has 64 valence electrons. The maximum atomic E-state index is 8.81. The minimum atomic E-state index is 0.194. The van der Waals surface area contributed by atoms with Gasteiger partial charge in [-0.15, -0.1) is 0 Å². The highest BCUT2D eigenvalue weighted by molar-refractivity contribution is 6.09. The summed E-state index contributed by atoms with van der Waals surface area (Å²) in [6, 6.07) is 7.80. The molecule has 0 saturated carbocycles. The van der Waals surface area contributed by atoms with Crippen molar-refractivity contribution < 1.29 is 9.59 Å². The fourth-order valence-electron chi connectivity index (χ4n) is 0.587. The Kier molecular flexibility index (Phi) is 5.26. The van der Waals surface area contributed by atoms with E-state index in [2.05, 4.69) is 0 Å². The third-order valence-electron chi connectivity index (χ3n) is 1.24. The molecule has 3 heteroatoms. The summed E-state index contributed by atoms with van der Waals surface area (Å²) >= 11 is 0. The second-order valence-corrected chi connectivity index (χ2v) is 2.13. The molecule has 3 nitrogen and oxygen atoms in total. The summed E-state index contributed by atoms with van der Waals surface area (Å²) in [5.41, 5.74) is 7.53. The number of para-hydroxylation sites is 1. The number of carbonyl (C=O) groups is 2. The molecule has 2 N–H and O–H groups in total. The van der Waals surface area contributed by atoms with Gasteiger partial charge in [0.2, 0.25) is 0 Å². The minimum absolute atomic E-state index is 0.194. The molecule has 0 unspecified atom stereocenters. The molecule has 1 rings (SSSR count). The lowest BCUT2D eigenvalue weighted by Gasteiger charge is -1.93. The molecule has 0 atom stereocenters. The number of hydrogen-bond acceptors (Lipinski definition) is 3. The SMILES string of the molecule is Cc1ccccc1N.O=CC=O. The second-order valence-electron chi connectivity index (χ2n) is 2.13. The monoisotopic (exact) mass is 165 g/mol. The first-order chi connectivity index (χ1) is 5.72. The first kappa shape index (κ1) is 10.4. The molecule has 0 aliphatic rings. The van der Waals surface area contributed by atoms with Crippen molar-refractivity contribution in [1.29, 1.82) is 0 Å². The summed E-state index contributed by atoms with van der Waals surface area (Å²) in [5, 5.41) is 0. The summed E-state index contributed by atoms with van der Waals surface area (Å²) < 4.78 is 0. The summed E-state index contributed by atoms with van der Waals surface area (Å²) in [7, 11) is 0. The lowest BCUT2D eigenvalue weighted by molar-refractivity contribution is -0.122. The summed E-state index contributed by atoms with van der Waals surface area (Å²) in [6.07, 6.45) is 0.389. The Morgan fingerprint density at radius 1 is 1.17 bits per heavy atom. The van der Waals surface area contributed by atoms with Crippen LogP contribution >= 0.6 is 0 Å². The van der Waals surface area contributed by atoms with Crippen molar-refractivity contribution in [3.8, 4) is 0 Å². The van der Waals surface area contributed by atoms with Gasteiger partial charge in [-0.1, -0.05) is 18.2 Å². The fraction of sp³-hybridized carbons (Fsp3) is 0.111. The number of hydrogen-bond donors (Lipinski definition) is 1. The number of aldehydes is 2. The van der Waals surface area contributed by atoms with Gasteiger partial charge >= 0.3 is 0 Å². The zero-order valence-electron chi connectivity index (χ0n) is 6.86. The number of benzene rings is 1. The van der Waals surface area contributed by atoms with E-state index in [1.54, 1.807) is 0 Å². The van der Waals surface area contributed by atoms with Crippen LogP contribution in [0.25, 0.3) is 0 Å². The highest BCUT2D eigenvalue weighted by atomic mass is 16.2. The Morgan fingerprint density at radius 2 is 1.67 bits per heavy atom. The van der Waals surface area contributed by atoms with Crippen LogP contribution in [0.5, 0.6) is 0 Å². The highest BCUT2D eigenvalue weighted by Gasteiger charge is 1.84. The lowest BCUT2D eigenvalue weighted by Crippen LogP contribution is -1.85. The Balaban J connectivity index is 0.000000261. The van der Waals surface area contributed by atoms with E-state index in [-0.39, 0.29) is 12.6 Å². The highest BCUT2D eigenvalue weighted by Crippen LogP contribution is 2.06. The molecule has 1 aromatic carbocycles. The maximum Gasteiger partial charge on any atom is 0.182 e. The first-order valence-electron chi connectivity index (χ1n) is 3.42. The zero-order chi connectivity index (χ0) is 9.40. The standard InChI is InChI=1S/C7H9N.C2H2O2/c1-6-4-2-3-5-7(6)8;3-1-2-4/h2-5H,8H2,1H3;1-2H. The number of nitrogens with two attached hydrogens (primary N) is 1. The van der Waals surface area contributed by atoms with Crippen molar-refractivity contribution in [2.45, 2.75) is 6.92 Å². The van der Waals surface area contributed by atoms with Crippen LogP contribution in [0.2, 0.25) is 0 Å². The van der Waals surface area contributed by atoms with E-state index in [4.69, 9.17) is 15.3 Å². The average molecular weight is 165 g/mol. The van der Waals surface area contributed by atoms with Gasteiger partial charge in [-0.3, -0.25) is 9.59 Å². The summed E-state index contributed by atoms with van der Waals surface area (Å²) in [6.45, 7) is 2.00. The molecule has 0 spiro atoms. The molecule has 0 radical (unpaired) electrons. The van der Waals surface area contributed by atoms with E-state index in [0.717, 1.165) is 11.3 Å². The predicted molar refractivity (Wildman–Crippen MR) is 47.7 cm³/mol. The normalized spacial score (nSPS) is 7.75. The Morgan fingerprint density at radius 3 is 1.92 bits per heavy atom. The molecule has 0 amide bonds. The maximum absolute atomic E-state index is 8.81. The first-order valence-corrected chi connectivity index (χ1v) is 3.42. The van der Waals surface area contributed by atoms with Crippen LogP contribution in [-0.4, -0.2) is 12.6 Å². The van der Waals surface area contributed by atoms with Crippen molar-refractivity contribution in [3.63, 3.8) is 0 Å². The molecule has 0 aromatic heterocycles. The van der Waals surface area contributed by atoms with Gasteiger partial charge in [0.25, 0.3) is 0 Å². The van der Waals surface area contributed by atoms with E-state index in [9.17, 15) is 0 Å². The molecule has 0 heterocycles. The third-order valence-corrected chi connectivity index (χ3v) is 1.24. The summed E-state index contributed by atoms with van der Waals surface area (Å²) in [5.74, 6) is 0. The molecule has 0 saturated heterocycles.